The number of hydrogen-bond acceptors (Lipinski definition) is 9. The lowest BCUT2D eigenvalue weighted by atomic mass is 10.2. The summed E-state index contributed by atoms with van der Waals surface area (Å²) in [6.45, 7) is 0. The van der Waals surface area contributed by atoms with Crippen LogP contribution in [-0.2, 0) is 9.59 Å². The Bertz CT molecular complexity index is 1320. The number of esters is 1. The maximum atomic E-state index is 12.4. The fourth-order valence-corrected chi connectivity index (χ4v) is 2.87. The van der Waals surface area contributed by atoms with E-state index in [2.05, 4.69) is 15.8 Å². The summed E-state index contributed by atoms with van der Waals surface area (Å²) in [5.74, 6) is -2.00. The number of amides is 2. The van der Waals surface area contributed by atoms with Crippen LogP contribution in [0.3, 0.4) is 0 Å². The van der Waals surface area contributed by atoms with Gasteiger partial charge in [-0.3, -0.25) is 19.7 Å². The average molecular weight is 492 g/mol. The summed E-state index contributed by atoms with van der Waals surface area (Å²) in [6.07, 6.45) is 1.26. The minimum atomic E-state index is -1.00. The fraction of sp³-hybridized carbons (Fsp3) is 0.0833. The summed E-state index contributed by atoms with van der Waals surface area (Å²) in [5, 5.41) is 16.9. The lowest BCUT2D eigenvalue weighted by Gasteiger charge is -2.10. The van der Waals surface area contributed by atoms with E-state index in [9.17, 15) is 24.5 Å². The normalized spacial score (nSPS) is 10.4. The molecular formula is C24H20N4O8. The summed E-state index contributed by atoms with van der Waals surface area (Å²) < 4.78 is 15.7. The number of benzene rings is 3. The number of carbonyl (C=O) groups is 3. The van der Waals surface area contributed by atoms with Crippen LogP contribution >= 0.6 is 0 Å². The van der Waals surface area contributed by atoms with Gasteiger partial charge in [0, 0.05) is 12.1 Å². The Morgan fingerprint density at radius 1 is 0.889 bits per heavy atom. The first-order chi connectivity index (χ1) is 17.3. The minimum Gasteiger partial charge on any atom is -0.495 e. The Balaban J connectivity index is 1.61. The molecule has 2 amide bonds. The molecule has 0 aromatic heterocycles. The molecule has 2 N–H and O–H groups in total. The van der Waals surface area contributed by atoms with E-state index in [-0.39, 0.29) is 22.7 Å². The maximum absolute atomic E-state index is 12.4. The summed E-state index contributed by atoms with van der Waals surface area (Å²) in [5.41, 5.74) is 2.86. The molecular weight excluding hydrogens is 472 g/mol. The number of non-ortho nitro benzene ring substituents is 1. The van der Waals surface area contributed by atoms with Crippen molar-refractivity contribution in [2.75, 3.05) is 19.5 Å². The van der Waals surface area contributed by atoms with Crippen LogP contribution in [0.15, 0.2) is 71.8 Å². The number of nitrogens with zero attached hydrogens (tertiary/aromatic N) is 2. The molecule has 3 rings (SSSR count). The monoisotopic (exact) mass is 492 g/mol. The molecule has 0 heterocycles. The molecule has 3 aromatic carbocycles. The fourth-order valence-electron chi connectivity index (χ4n) is 2.87. The second-order valence-electron chi connectivity index (χ2n) is 6.96. The number of methoxy groups -OCH3 is 2. The Morgan fingerprint density at radius 3 is 2.25 bits per heavy atom. The SMILES string of the molecule is COc1ccccc1NC(=O)C(=O)N/N=C/c1ccc(OC(=O)c2ccc([N+](=O)[O-])cc2)c(OC)c1. The number of hydrogen-bond donors (Lipinski definition) is 2. The molecule has 0 fully saturated rings. The molecule has 0 aliphatic heterocycles. The highest BCUT2D eigenvalue weighted by Crippen LogP contribution is 2.28. The molecule has 0 saturated heterocycles. The van der Waals surface area contributed by atoms with Crippen LogP contribution in [0.1, 0.15) is 15.9 Å². The Hall–Kier alpha value is -5.26. The Kier molecular flexibility index (Phi) is 8.27. The summed E-state index contributed by atoms with van der Waals surface area (Å²) >= 11 is 0. The molecule has 36 heavy (non-hydrogen) atoms. The van der Waals surface area contributed by atoms with Crippen LogP contribution in [0.25, 0.3) is 0 Å². The van der Waals surface area contributed by atoms with Gasteiger partial charge in [-0.05, 0) is 48.0 Å². The zero-order valence-electron chi connectivity index (χ0n) is 19.1. The molecule has 3 aromatic rings. The van der Waals surface area contributed by atoms with E-state index in [1.807, 2.05) is 0 Å². The zero-order valence-corrected chi connectivity index (χ0v) is 19.1. The van der Waals surface area contributed by atoms with E-state index in [0.29, 0.717) is 17.0 Å². The first-order valence-electron chi connectivity index (χ1n) is 10.2. The van der Waals surface area contributed by atoms with Gasteiger partial charge in [0.15, 0.2) is 11.5 Å². The molecule has 12 heteroatoms. The van der Waals surface area contributed by atoms with Crippen LogP contribution in [-0.4, -0.2) is 43.1 Å². The highest BCUT2D eigenvalue weighted by molar-refractivity contribution is 6.39. The van der Waals surface area contributed by atoms with E-state index < -0.39 is 22.7 Å². The minimum absolute atomic E-state index is 0.0956. The van der Waals surface area contributed by atoms with Crippen molar-refractivity contribution in [3.63, 3.8) is 0 Å². The largest absolute Gasteiger partial charge is 0.495 e. The van der Waals surface area contributed by atoms with Crippen molar-refractivity contribution < 1.29 is 33.5 Å². The Morgan fingerprint density at radius 2 is 1.58 bits per heavy atom. The van der Waals surface area contributed by atoms with Gasteiger partial charge in [0.2, 0.25) is 0 Å². The number of para-hydroxylation sites is 2. The third kappa shape index (κ3) is 6.41. The number of rotatable bonds is 8. The van der Waals surface area contributed by atoms with Crippen molar-refractivity contribution in [2.45, 2.75) is 0 Å². The first kappa shape index (κ1) is 25.4. The highest BCUT2D eigenvalue weighted by atomic mass is 16.6. The number of anilines is 1. The van der Waals surface area contributed by atoms with Crippen molar-refractivity contribution in [1.29, 1.82) is 0 Å². The van der Waals surface area contributed by atoms with E-state index in [0.717, 1.165) is 0 Å². The number of carbonyl (C=O) groups excluding carboxylic acids is 3. The van der Waals surface area contributed by atoms with Crippen LogP contribution in [0.4, 0.5) is 11.4 Å². The van der Waals surface area contributed by atoms with Gasteiger partial charge >= 0.3 is 17.8 Å². The van der Waals surface area contributed by atoms with Crippen molar-refractivity contribution in [3.8, 4) is 17.2 Å². The molecule has 0 atom stereocenters. The molecule has 0 bridgehead atoms. The Labute approximate surface area is 204 Å². The molecule has 184 valence electrons. The lowest BCUT2D eigenvalue weighted by molar-refractivity contribution is -0.384. The van der Waals surface area contributed by atoms with Gasteiger partial charge in [-0.25, -0.2) is 10.2 Å². The van der Waals surface area contributed by atoms with E-state index >= 15 is 0 Å². The van der Waals surface area contributed by atoms with E-state index in [1.54, 1.807) is 24.3 Å². The second kappa shape index (κ2) is 11.7. The van der Waals surface area contributed by atoms with Crippen molar-refractivity contribution in [2.24, 2.45) is 5.10 Å². The van der Waals surface area contributed by atoms with Crippen molar-refractivity contribution >= 4 is 35.4 Å². The molecule has 0 spiro atoms. The standard InChI is InChI=1S/C24H20N4O8/c1-34-19-6-4-3-5-18(19)26-22(29)23(30)27-25-14-15-7-12-20(21(13-15)35-2)36-24(31)16-8-10-17(11-9-16)28(32)33/h3-14H,1-2H3,(H,26,29)(H,27,30)/b25-14+. The van der Waals surface area contributed by atoms with Gasteiger partial charge in [-0.2, -0.15) is 5.10 Å². The van der Waals surface area contributed by atoms with Crippen LogP contribution < -0.4 is 25.0 Å². The van der Waals surface area contributed by atoms with Gasteiger partial charge in [0.1, 0.15) is 5.75 Å². The highest BCUT2D eigenvalue weighted by Gasteiger charge is 2.16. The second-order valence-corrected chi connectivity index (χ2v) is 6.96. The number of ether oxygens (including phenoxy) is 3. The number of nitro benzene ring substituents is 1. The summed E-state index contributed by atoms with van der Waals surface area (Å²) in [7, 11) is 2.80. The third-order valence-electron chi connectivity index (χ3n) is 4.65. The van der Waals surface area contributed by atoms with Crippen molar-refractivity contribution in [1.82, 2.24) is 5.43 Å². The van der Waals surface area contributed by atoms with E-state index in [1.165, 1.54) is 62.9 Å². The maximum Gasteiger partial charge on any atom is 0.343 e. The molecule has 0 radical (unpaired) electrons. The van der Waals surface area contributed by atoms with Crippen LogP contribution in [0.2, 0.25) is 0 Å². The third-order valence-corrected chi connectivity index (χ3v) is 4.65. The zero-order chi connectivity index (χ0) is 26.1. The van der Waals surface area contributed by atoms with E-state index in [4.69, 9.17) is 14.2 Å². The van der Waals surface area contributed by atoms with Crippen LogP contribution in [0.5, 0.6) is 17.2 Å². The predicted molar refractivity (Wildman–Crippen MR) is 128 cm³/mol. The van der Waals surface area contributed by atoms with Gasteiger partial charge in [-0.1, -0.05) is 12.1 Å². The summed E-state index contributed by atoms with van der Waals surface area (Å²) in [6, 6.07) is 16.0. The van der Waals surface area contributed by atoms with Gasteiger partial charge in [0.25, 0.3) is 5.69 Å². The molecule has 12 nitrogen and oxygen atoms in total. The summed E-state index contributed by atoms with van der Waals surface area (Å²) in [4.78, 5) is 46.7. The first-order valence-corrected chi connectivity index (χ1v) is 10.2. The number of nitrogens with one attached hydrogen (secondary N) is 2. The predicted octanol–water partition coefficient (Wildman–Crippen LogP) is 2.92. The quantitative estimate of drug-likeness (QED) is 0.121. The topological polar surface area (TPSA) is 158 Å². The average Bonchev–Trinajstić information content (AvgIpc) is 2.89. The number of hydrazone groups is 1. The van der Waals surface area contributed by atoms with Crippen molar-refractivity contribution in [3.05, 3.63) is 88.0 Å². The lowest BCUT2D eigenvalue weighted by Crippen LogP contribution is -2.32. The van der Waals surface area contributed by atoms with Gasteiger partial charge in [-0.15, -0.1) is 0 Å². The van der Waals surface area contributed by atoms with Gasteiger partial charge in [0.05, 0.1) is 36.6 Å². The molecule has 0 aliphatic rings. The van der Waals surface area contributed by atoms with Crippen LogP contribution in [0, 0.1) is 10.1 Å². The molecule has 0 unspecified atom stereocenters. The smallest absolute Gasteiger partial charge is 0.343 e. The molecule has 0 saturated carbocycles. The number of nitro groups is 1. The van der Waals surface area contributed by atoms with Gasteiger partial charge < -0.3 is 19.5 Å². The molecule has 0 aliphatic carbocycles.